The summed E-state index contributed by atoms with van der Waals surface area (Å²) in [7, 11) is 0. The van der Waals surface area contributed by atoms with Crippen molar-refractivity contribution in [3.8, 4) is 0 Å². The topological polar surface area (TPSA) is 84.2 Å². The lowest BCUT2D eigenvalue weighted by Gasteiger charge is -2.13. The molecule has 2 amide bonds. The maximum Gasteiger partial charge on any atom is 0.244 e. The van der Waals surface area contributed by atoms with Gasteiger partial charge in [0.05, 0.1) is 5.54 Å². The van der Waals surface area contributed by atoms with Gasteiger partial charge in [-0.25, -0.2) is 0 Å². The maximum atomic E-state index is 11.9. The van der Waals surface area contributed by atoms with Gasteiger partial charge in [0.15, 0.2) is 0 Å². The molecule has 0 bridgehead atoms. The lowest BCUT2D eigenvalue weighted by molar-refractivity contribution is -0.118. The number of rotatable bonds is 2. The molecule has 1 aromatic rings. The molecule has 1 aliphatic heterocycles. The molecule has 1 saturated carbocycles. The van der Waals surface area contributed by atoms with Crippen molar-refractivity contribution in [3.63, 3.8) is 0 Å². The highest BCUT2D eigenvalue weighted by atomic mass is 16.2. The molecule has 19 heavy (non-hydrogen) atoms. The minimum atomic E-state index is -0.666. The number of hydrogen-bond donors (Lipinski definition) is 3. The molecule has 0 aromatic heterocycles. The van der Waals surface area contributed by atoms with Crippen molar-refractivity contribution in [2.24, 2.45) is 5.73 Å². The molecule has 4 N–H and O–H groups in total. The summed E-state index contributed by atoms with van der Waals surface area (Å²) < 4.78 is 0. The minimum absolute atomic E-state index is 0.0504. The Balaban J connectivity index is 1.79. The van der Waals surface area contributed by atoms with Crippen molar-refractivity contribution in [1.29, 1.82) is 0 Å². The lowest BCUT2D eigenvalue weighted by Crippen LogP contribution is -2.37. The van der Waals surface area contributed by atoms with Gasteiger partial charge in [0.1, 0.15) is 0 Å². The van der Waals surface area contributed by atoms with Gasteiger partial charge in [-0.05, 0) is 49.4 Å². The van der Waals surface area contributed by atoms with Crippen molar-refractivity contribution in [1.82, 2.24) is 0 Å². The van der Waals surface area contributed by atoms with Gasteiger partial charge in [0, 0.05) is 17.8 Å². The van der Waals surface area contributed by atoms with Crippen molar-refractivity contribution >= 4 is 23.2 Å². The molecule has 100 valence electrons. The fourth-order valence-corrected chi connectivity index (χ4v) is 2.27. The molecule has 0 unspecified atom stereocenters. The van der Waals surface area contributed by atoms with Crippen LogP contribution in [0, 0.1) is 0 Å². The summed E-state index contributed by atoms with van der Waals surface area (Å²) in [5.41, 5.74) is 7.83. The number of anilines is 2. The molecule has 3 rings (SSSR count). The smallest absolute Gasteiger partial charge is 0.244 e. The molecule has 5 nitrogen and oxygen atoms in total. The van der Waals surface area contributed by atoms with Crippen LogP contribution in [0.3, 0.4) is 0 Å². The van der Waals surface area contributed by atoms with Gasteiger partial charge in [-0.2, -0.15) is 0 Å². The Bertz CT molecular complexity index is 550. The van der Waals surface area contributed by atoms with E-state index in [4.69, 9.17) is 5.73 Å². The Morgan fingerprint density at radius 2 is 2.11 bits per heavy atom. The summed E-state index contributed by atoms with van der Waals surface area (Å²) in [5.74, 6) is -0.0699. The van der Waals surface area contributed by atoms with Crippen molar-refractivity contribution < 1.29 is 9.59 Å². The summed E-state index contributed by atoms with van der Waals surface area (Å²) >= 11 is 0. The standard InChI is InChI=1S/C14H17N3O2/c15-14(6-7-14)13(19)16-10-4-5-11-9(8-10)2-1-3-12(18)17-11/h4-5,8H,1-3,6-7,15H2,(H,16,19)(H,17,18). The molecule has 5 heteroatoms. The third-order valence-electron chi connectivity index (χ3n) is 3.73. The average Bonchev–Trinajstić information content (AvgIpc) is 3.13. The molecule has 0 saturated heterocycles. The van der Waals surface area contributed by atoms with Crippen LogP contribution >= 0.6 is 0 Å². The Morgan fingerprint density at radius 3 is 2.84 bits per heavy atom. The number of carbonyl (C=O) groups is 2. The average molecular weight is 259 g/mol. The first kappa shape index (κ1) is 12.2. The van der Waals surface area contributed by atoms with Gasteiger partial charge >= 0.3 is 0 Å². The molecule has 0 atom stereocenters. The number of amides is 2. The SMILES string of the molecule is NC1(C(=O)Nc2ccc3c(c2)CCCC(=O)N3)CC1. The van der Waals surface area contributed by atoms with Crippen LogP contribution in [0.1, 0.15) is 31.2 Å². The molecule has 1 aromatic carbocycles. The number of benzene rings is 1. The highest BCUT2D eigenvalue weighted by molar-refractivity contribution is 6.00. The van der Waals surface area contributed by atoms with E-state index in [0.29, 0.717) is 6.42 Å². The zero-order valence-electron chi connectivity index (χ0n) is 10.7. The zero-order valence-corrected chi connectivity index (χ0v) is 10.7. The maximum absolute atomic E-state index is 11.9. The van der Waals surface area contributed by atoms with Crippen LogP contribution in [-0.2, 0) is 16.0 Å². The van der Waals surface area contributed by atoms with E-state index in [0.717, 1.165) is 42.6 Å². The second kappa shape index (κ2) is 4.35. The van der Waals surface area contributed by atoms with Crippen LogP contribution in [0.5, 0.6) is 0 Å². The molecule has 1 fully saturated rings. The summed E-state index contributed by atoms with van der Waals surface area (Å²) in [6.07, 6.45) is 3.71. The third kappa shape index (κ3) is 2.46. The molecular weight excluding hydrogens is 242 g/mol. The second-order valence-electron chi connectivity index (χ2n) is 5.38. The van der Waals surface area contributed by atoms with Crippen LogP contribution in [0.15, 0.2) is 18.2 Å². The van der Waals surface area contributed by atoms with E-state index in [9.17, 15) is 9.59 Å². The monoisotopic (exact) mass is 259 g/mol. The first-order valence-corrected chi connectivity index (χ1v) is 6.60. The van der Waals surface area contributed by atoms with Crippen LogP contribution in [0.4, 0.5) is 11.4 Å². The van der Waals surface area contributed by atoms with E-state index in [1.54, 1.807) is 6.07 Å². The van der Waals surface area contributed by atoms with Crippen molar-refractivity contribution in [3.05, 3.63) is 23.8 Å². The number of nitrogens with one attached hydrogen (secondary N) is 2. The predicted octanol–water partition coefficient (Wildman–Crippen LogP) is 1.39. The van der Waals surface area contributed by atoms with Crippen LogP contribution in [-0.4, -0.2) is 17.4 Å². The van der Waals surface area contributed by atoms with Crippen molar-refractivity contribution in [2.45, 2.75) is 37.6 Å². The highest BCUT2D eigenvalue weighted by Crippen LogP contribution is 2.34. The number of carbonyl (C=O) groups excluding carboxylic acids is 2. The molecule has 2 aliphatic rings. The van der Waals surface area contributed by atoms with Crippen molar-refractivity contribution in [2.75, 3.05) is 10.6 Å². The molecule has 1 heterocycles. The zero-order chi connectivity index (χ0) is 13.5. The van der Waals surface area contributed by atoms with Gasteiger partial charge in [-0.3, -0.25) is 9.59 Å². The van der Waals surface area contributed by atoms with Crippen LogP contribution in [0.2, 0.25) is 0 Å². The van der Waals surface area contributed by atoms with Gasteiger partial charge in [0.25, 0.3) is 0 Å². The second-order valence-corrected chi connectivity index (χ2v) is 5.38. The van der Waals surface area contributed by atoms with E-state index < -0.39 is 5.54 Å². The third-order valence-corrected chi connectivity index (χ3v) is 3.73. The summed E-state index contributed by atoms with van der Waals surface area (Å²) in [6.45, 7) is 0. The van der Waals surface area contributed by atoms with Gasteiger partial charge in [-0.1, -0.05) is 0 Å². The molecular formula is C14H17N3O2. The highest BCUT2D eigenvalue weighted by Gasteiger charge is 2.45. The first-order chi connectivity index (χ1) is 9.07. The minimum Gasteiger partial charge on any atom is -0.326 e. The van der Waals surface area contributed by atoms with E-state index in [1.807, 2.05) is 12.1 Å². The number of aryl methyl sites for hydroxylation is 1. The quantitative estimate of drug-likeness (QED) is 0.750. The number of nitrogens with two attached hydrogens (primary N) is 1. The summed E-state index contributed by atoms with van der Waals surface area (Å²) in [5, 5.41) is 5.72. The first-order valence-electron chi connectivity index (χ1n) is 6.60. The Hall–Kier alpha value is -1.88. The van der Waals surface area contributed by atoms with Gasteiger partial charge in [-0.15, -0.1) is 0 Å². The number of hydrogen-bond acceptors (Lipinski definition) is 3. The molecule has 1 aliphatic carbocycles. The fourth-order valence-electron chi connectivity index (χ4n) is 2.27. The Kier molecular flexibility index (Phi) is 2.78. The predicted molar refractivity (Wildman–Crippen MR) is 72.8 cm³/mol. The van der Waals surface area contributed by atoms with Crippen LogP contribution in [0.25, 0.3) is 0 Å². The van der Waals surface area contributed by atoms with Crippen LogP contribution < -0.4 is 16.4 Å². The Morgan fingerprint density at radius 1 is 1.32 bits per heavy atom. The van der Waals surface area contributed by atoms with E-state index in [2.05, 4.69) is 10.6 Å². The normalized spacial score (nSPS) is 19.9. The van der Waals surface area contributed by atoms with Gasteiger partial charge in [0.2, 0.25) is 11.8 Å². The fraction of sp³-hybridized carbons (Fsp3) is 0.429. The van der Waals surface area contributed by atoms with E-state index >= 15 is 0 Å². The van der Waals surface area contributed by atoms with E-state index in [-0.39, 0.29) is 11.8 Å². The Labute approximate surface area is 111 Å². The van der Waals surface area contributed by atoms with Gasteiger partial charge < -0.3 is 16.4 Å². The molecule has 0 spiro atoms. The van der Waals surface area contributed by atoms with E-state index in [1.165, 1.54) is 0 Å². The largest absolute Gasteiger partial charge is 0.326 e. The lowest BCUT2D eigenvalue weighted by atomic mass is 10.1. The number of fused-ring (bicyclic) bond motifs is 1. The summed E-state index contributed by atoms with van der Waals surface area (Å²) in [6, 6.07) is 5.56. The summed E-state index contributed by atoms with van der Waals surface area (Å²) in [4.78, 5) is 23.3. The molecule has 0 radical (unpaired) electrons.